The number of amides is 1. The van der Waals surface area contributed by atoms with E-state index in [1.54, 1.807) is 0 Å². The molecule has 0 saturated heterocycles. The minimum atomic E-state index is -0.451. The van der Waals surface area contributed by atoms with Crippen LogP contribution >= 0.6 is 0 Å². The molecule has 1 fully saturated rings. The summed E-state index contributed by atoms with van der Waals surface area (Å²) in [5, 5.41) is 11.4. The maximum Gasteiger partial charge on any atom is 0.407 e. The van der Waals surface area contributed by atoms with Crippen LogP contribution in [0.15, 0.2) is 0 Å². The summed E-state index contributed by atoms with van der Waals surface area (Å²) in [5.74, 6) is 0.229. The zero-order valence-electron chi connectivity index (χ0n) is 8.33. The van der Waals surface area contributed by atoms with Gasteiger partial charge in [0.05, 0.1) is 0 Å². The van der Waals surface area contributed by atoms with Crippen molar-refractivity contribution in [1.82, 2.24) is 5.32 Å². The molecule has 1 saturated carbocycles. The van der Waals surface area contributed by atoms with Crippen molar-refractivity contribution in [3.63, 3.8) is 0 Å². The highest BCUT2D eigenvalue weighted by molar-refractivity contribution is 5.68. The molecule has 4 nitrogen and oxygen atoms in total. The Kier molecular flexibility index (Phi) is 2.81. The second-order valence-electron chi connectivity index (χ2n) is 4.43. The van der Waals surface area contributed by atoms with Gasteiger partial charge in [0, 0.05) is 18.6 Å². The van der Waals surface area contributed by atoms with E-state index in [0.29, 0.717) is 0 Å². The summed E-state index contributed by atoms with van der Waals surface area (Å²) >= 11 is 0. The molecule has 1 amide bonds. The smallest absolute Gasteiger partial charge is 0.407 e. The summed E-state index contributed by atoms with van der Waals surface area (Å²) in [7, 11) is 0. The van der Waals surface area contributed by atoms with Gasteiger partial charge in [0.15, 0.2) is 0 Å². The van der Waals surface area contributed by atoms with Crippen molar-refractivity contribution >= 4 is 6.09 Å². The van der Waals surface area contributed by atoms with Gasteiger partial charge in [-0.05, 0) is 27.2 Å². The van der Waals surface area contributed by atoms with Gasteiger partial charge in [-0.3, -0.25) is 0 Å². The highest BCUT2D eigenvalue weighted by Gasteiger charge is 2.38. The Labute approximate surface area is 78.3 Å². The van der Waals surface area contributed by atoms with E-state index in [1.165, 1.54) is 0 Å². The molecule has 0 bridgehead atoms. The van der Waals surface area contributed by atoms with Gasteiger partial charge in [-0.1, -0.05) is 0 Å². The third kappa shape index (κ3) is 3.63. The molecule has 76 valence electrons. The summed E-state index contributed by atoms with van der Waals surface area (Å²) in [6.07, 6.45) is 0.462. The van der Waals surface area contributed by atoms with Crippen molar-refractivity contribution in [1.29, 1.82) is 0 Å². The number of alkyl carbamates (subject to hydrolysis) is 1. The van der Waals surface area contributed by atoms with Gasteiger partial charge < -0.3 is 15.2 Å². The van der Waals surface area contributed by atoms with E-state index < -0.39 is 11.7 Å². The Morgan fingerprint density at radius 2 is 2.23 bits per heavy atom. The summed E-state index contributed by atoms with van der Waals surface area (Å²) in [5.41, 5.74) is -0.451. The van der Waals surface area contributed by atoms with E-state index >= 15 is 0 Å². The van der Waals surface area contributed by atoms with Crippen molar-refractivity contribution in [3.05, 3.63) is 0 Å². The summed E-state index contributed by atoms with van der Waals surface area (Å²) in [6, 6.07) is 0.111. The lowest BCUT2D eigenvalue weighted by molar-refractivity contribution is 0.0519. The van der Waals surface area contributed by atoms with Gasteiger partial charge >= 0.3 is 6.09 Å². The molecular weight excluding hydrogens is 170 g/mol. The number of nitrogens with one attached hydrogen (secondary N) is 1. The molecule has 0 spiro atoms. The van der Waals surface area contributed by atoms with Crippen molar-refractivity contribution in [2.45, 2.75) is 38.8 Å². The first-order valence-corrected chi connectivity index (χ1v) is 4.53. The van der Waals surface area contributed by atoms with E-state index in [9.17, 15) is 4.79 Å². The molecule has 4 heteroatoms. The van der Waals surface area contributed by atoms with Crippen molar-refractivity contribution < 1.29 is 14.6 Å². The number of ether oxygens (including phenoxy) is 1. The Hall–Kier alpha value is -0.770. The van der Waals surface area contributed by atoms with Crippen LogP contribution in [-0.2, 0) is 4.74 Å². The number of rotatable bonds is 2. The minimum absolute atomic E-state index is 0.111. The Balaban J connectivity index is 2.20. The Morgan fingerprint density at radius 1 is 1.62 bits per heavy atom. The molecule has 0 heterocycles. The fourth-order valence-electron chi connectivity index (χ4n) is 1.09. The van der Waals surface area contributed by atoms with Crippen molar-refractivity contribution in [3.8, 4) is 0 Å². The molecule has 0 aromatic carbocycles. The number of carbonyl (C=O) groups is 1. The van der Waals surface area contributed by atoms with Gasteiger partial charge in [-0.25, -0.2) is 4.79 Å². The number of aliphatic hydroxyl groups excluding tert-OH is 1. The van der Waals surface area contributed by atoms with Crippen LogP contribution in [0.3, 0.4) is 0 Å². The van der Waals surface area contributed by atoms with Crippen molar-refractivity contribution in [2.24, 2.45) is 5.92 Å². The topological polar surface area (TPSA) is 58.6 Å². The van der Waals surface area contributed by atoms with Crippen LogP contribution in [0.2, 0.25) is 0 Å². The van der Waals surface area contributed by atoms with E-state index in [-0.39, 0.29) is 18.6 Å². The zero-order valence-corrected chi connectivity index (χ0v) is 8.33. The van der Waals surface area contributed by atoms with Gasteiger partial charge in [0.2, 0.25) is 0 Å². The van der Waals surface area contributed by atoms with Crippen LogP contribution in [0, 0.1) is 5.92 Å². The standard InChI is InChI=1S/C9H17NO3/c1-9(2,3)13-8(12)10-7-4-6(7)5-11/h6-7,11H,4-5H2,1-3H3,(H,10,12)/t6-,7+/m0/s1. The molecule has 1 rings (SSSR count). The van der Waals surface area contributed by atoms with Crippen LogP contribution in [0.1, 0.15) is 27.2 Å². The number of hydrogen-bond donors (Lipinski definition) is 2. The van der Waals surface area contributed by atoms with Crippen LogP contribution < -0.4 is 5.32 Å². The monoisotopic (exact) mass is 187 g/mol. The zero-order chi connectivity index (χ0) is 10.1. The van der Waals surface area contributed by atoms with Gasteiger partial charge in [-0.15, -0.1) is 0 Å². The molecule has 13 heavy (non-hydrogen) atoms. The lowest BCUT2D eigenvalue weighted by Gasteiger charge is -2.19. The van der Waals surface area contributed by atoms with Crippen LogP contribution in [0.5, 0.6) is 0 Å². The first kappa shape index (κ1) is 10.3. The second kappa shape index (κ2) is 3.54. The first-order valence-electron chi connectivity index (χ1n) is 4.53. The van der Waals surface area contributed by atoms with Gasteiger partial charge in [0.25, 0.3) is 0 Å². The summed E-state index contributed by atoms with van der Waals surface area (Å²) < 4.78 is 5.05. The second-order valence-corrected chi connectivity index (χ2v) is 4.43. The number of aliphatic hydroxyl groups is 1. The molecule has 2 N–H and O–H groups in total. The van der Waals surface area contributed by atoms with Gasteiger partial charge in [0.1, 0.15) is 5.60 Å². The predicted octanol–water partition coefficient (Wildman–Crippen LogP) is 0.892. The fraction of sp³-hybridized carbons (Fsp3) is 0.889. The molecule has 1 aliphatic rings. The average Bonchev–Trinajstić information content (AvgIpc) is 2.62. The predicted molar refractivity (Wildman–Crippen MR) is 48.4 cm³/mol. The minimum Gasteiger partial charge on any atom is -0.444 e. The van der Waals surface area contributed by atoms with Crippen LogP contribution in [0.4, 0.5) is 4.79 Å². The van der Waals surface area contributed by atoms with E-state index in [4.69, 9.17) is 9.84 Å². The normalized spacial score (nSPS) is 26.8. The highest BCUT2D eigenvalue weighted by Crippen LogP contribution is 2.29. The fourth-order valence-corrected chi connectivity index (χ4v) is 1.09. The highest BCUT2D eigenvalue weighted by atomic mass is 16.6. The summed E-state index contributed by atoms with van der Waals surface area (Å²) in [4.78, 5) is 11.2. The van der Waals surface area contributed by atoms with Crippen LogP contribution in [0.25, 0.3) is 0 Å². The molecule has 0 aliphatic heterocycles. The van der Waals surface area contributed by atoms with E-state index in [1.807, 2.05) is 20.8 Å². The molecule has 0 aromatic heterocycles. The molecule has 0 aromatic rings. The Morgan fingerprint density at radius 3 is 2.62 bits per heavy atom. The largest absolute Gasteiger partial charge is 0.444 e. The van der Waals surface area contributed by atoms with E-state index in [0.717, 1.165) is 6.42 Å². The maximum atomic E-state index is 11.2. The summed E-state index contributed by atoms with van der Waals surface area (Å²) in [6.45, 7) is 5.61. The Bertz CT molecular complexity index is 198. The lowest BCUT2D eigenvalue weighted by Crippen LogP contribution is -2.34. The lowest BCUT2D eigenvalue weighted by atomic mass is 10.2. The molecule has 0 unspecified atom stereocenters. The quantitative estimate of drug-likeness (QED) is 0.675. The van der Waals surface area contributed by atoms with Crippen LogP contribution in [-0.4, -0.2) is 29.4 Å². The first-order chi connectivity index (χ1) is 5.92. The molecule has 2 atom stereocenters. The average molecular weight is 187 g/mol. The number of hydrogen-bond acceptors (Lipinski definition) is 3. The van der Waals surface area contributed by atoms with Crippen molar-refractivity contribution in [2.75, 3.05) is 6.61 Å². The van der Waals surface area contributed by atoms with Gasteiger partial charge in [-0.2, -0.15) is 0 Å². The maximum absolute atomic E-state index is 11.2. The SMILES string of the molecule is CC(C)(C)OC(=O)N[C@@H]1C[C@H]1CO. The molecular formula is C9H17NO3. The van der Waals surface area contributed by atoms with E-state index in [2.05, 4.69) is 5.32 Å². The third-order valence-corrected chi connectivity index (χ3v) is 1.86. The third-order valence-electron chi connectivity index (χ3n) is 1.86. The number of carbonyl (C=O) groups excluding carboxylic acids is 1. The molecule has 0 radical (unpaired) electrons. The molecule has 1 aliphatic carbocycles.